The number of amides is 2. The molecule has 1 atom stereocenters. The Kier molecular flexibility index (Phi) is 7.93. The standard InChI is InChI=1S/C22H28F2N10O2/c1-22(24)6-10-32(15-22)14-20(35)27-19-13-34(31-29-19)9-3-2-8-33-12-18(28-30-33)21(36)26-11-17-16(23)5-4-7-25-17/h4-5,7,12-13H,2-3,6,8-11,14-15H2,1H3,(H,26,36)(H,27,35). The van der Waals surface area contributed by atoms with Gasteiger partial charge in [-0.15, -0.1) is 10.2 Å². The van der Waals surface area contributed by atoms with E-state index in [0.717, 1.165) is 12.8 Å². The third kappa shape index (κ3) is 7.10. The van der Waals surface area contributed by atoms with E-state index in [4.69, 9.17) is 0 Å². The molecule has 3 aromatic rings. The van der Waals surface area contributed by atoms with Crippen LogP contribution in [0.1, 0.15) is 42.4 Å². The van der Waals surface area contributed by atoms with Crippen molar-refractivity contribution in [2.24, 2.45) is 0 Å². The van der Waals surface area contributed by atoms with Gasteiger partial charge in [-0.05, 0) is 38.3 Å². The van der Waals surface area contributed by atoms with Gasteiger partial charge in [0, 0.05) is 32.4 Å². The molecule has 1 fully saturated rings. The van der Waals surface area contributed by atoms with Crippen molar-refractivity contribution in [2.75, 3.05) is 25.0 Å². The van der Waals surface area contributed by atoms with Crippen LogP contribution in [0.2, 0.25) is 0 Å². The lowest BCUT2D eigenvalue weighted by Crippen LogP contribution is -2.33. The van der Waals surface area contributed by atoms with E-state index in [0.29, 0.717) is 31.9 Å². The lowest BCUT2D eigenvalue weighted by molar-refractivity contribution is -0.117. The molecule has 3 aromatic heterocycles. The Morgan fingerprint density at radius 1 is 1.14 bits per heavy atom. The van der Waals surface area contributed by atoms with Crippen LogP contribution in [-0.2, 0) is 24.4 Å². The van der Waals surface area contributed by atoms with Crippen LogP contribution in [-0.4, -0.2) is 77.0 Å². The minimum absolute atomic E-state index is 0.0476. The number of nitrogens with one attached hydrogen (secondary N) is 2. The van der Waals surface area contributed by atoms with Gasteiger partial charge in [-0.2, -0.15) is 0 Å². The van der Waals surface area contributed by atoms with E-state index < -0.39 is 17.4 Å². The third-order valence-corrected chi connectivity index (χ3v) is 5.72. The second kappa shape index (κ2) is 11.3. The highest BCUT2D eigenvalue weighted by Crippen LogP contribution is 2.24. The second-order valence-corrected chi connectivity index (χ2v) is 8.98. The number of likely N-dealkylation sites (tertiary alicyclic amines) is 1. The summed E-state index contributed by atoms with van der Waals surface area (Å²) in [5.74, 6) is -0.862. The number of aryl methyl sites for hydroxylation is 2. The summed E-state index contributed by atoms with van der Waals surface area (Å²) in [4.78, 5) is 30.0. The van der Waals surface area contributed by atoms with Crippen molar-refractivity contribution in [1.82, 2.24) is 45.2 Å². The molecule has 2 amide bonds. The molecule has 1 aliphatic heterocycles. The molecule has 1 aliphatic rings. The highest BCUT2D eigenvalue weighted by molar-refractivity contribution is 5.92. The Balaban J connectivity index is 1.14. The maximum absolute atomic E-state index is 13.9. The second-order valence-electron chi connectivity index (χ2n) is 8.98. The number of aromatic nitrogens is 7. The zero-order chi connectivity index (χ0) is 25.5. The molecule has 36 heavy (non-hydrogen) atoms. The topological polar surface area (TPSA) is 136 Å². The van der Waals surface area contributed by atoms with E-state index in [1.807, 2.05) is 0 Å². The highest BCUT2D eigenvalue weighted by atomic mass is 19.1. The van der Waals surface area contributed by atoms with E-state index in [2.05, 4.69) is 36.2 Å². The molecule has 0 spiro atoms. The molecule has 1 unspecified atom stereocenters. The molecule has 4 rings (SSSR count). The number of nitrogens with zero attached hydrogens (tertiary/aromatic N) is 8. The molecule has 2 N–H and O–H groups in total. The van der Waals surface area contributed by atoms with Crippen LogP contribution in [0.15, 0.2) is 30.7 Å². The van der Waals surface area contributed by atoms with Gasteiger partial charge in [0.25, 0.3) is 5.91 Å². The van der Waals surface area contributed by atoms with Gasteiger partial charge < -0.3 is 10.6 Å². The fraction of sp³-hybridized carbons (Fsp3) is 0.500. The molecule has 1 saturated heterocycles. The summed E-state index contributed by atoms with van der Waals surface area (Å²) in [7, 11) is 0. The predicted octanol–water partition coefficient (Wildman–Crippen LogP) is 1.19. The summed E-state index contributed by atoms with van der Waals surface area (Å²) in [6.45, 7) is 3.53. The zero-order valence-electron chi connectivity index (χ0n) is 19.9. The fourth-order valence-corrected chi connectivity index (χ4v) is 3.86. The normalized spacial score (nSPS) is 17.9. The monoisotopic (exact) mass is 502 g/mol. The smallest absolute Gasteiger partial charge is 0.273 e. The summed E-state index contributed by atoms with van der Waals surface area (Å²) in [6.07, 6.45) is 6.53. The molecule has 192 valence electrons. The third-order valence-electron chi connectivity index (χ3n) is 5.72. The van der Waals surface area contributed by atoms with E-state index in [9.17, 15) is 18.4 Å². The molecule has 14 heteroatoms. The van der Waals surface area contributed by atoms with Crippen molar-refractivity contribution >= 4 is 17.6 Å². The molecule has 0 bridgehead atoms. The number of unbranched alkanes of at least 4 members (excludes halogenated alkanes) is 1. The lowest BCUT2D eigenvalue weighted by Gasteiger charge is -2.16. The molecule has 0 aliphatic carbocycles. The van der Waals surface area contributed by atoms with Crippen LogP contribution >= 0.6 is 0 Å². The minimum atomic E-state index is -1.25. The van der Waals surface area contributed by atoms with Gasteiger partial charge in [-0.1, -0.05) is 10.4 Å². The van der Waals surface area contributed by atoms with E-state index in [1.54, 1.807) is 27.4 Å². The molecule has 0 radical (unpaired) electrons. The summed E-state index contributed by atoms with van der Waals surface area (Å²) in [5, 5.41) is 21.0. The average molecular weight is 503 g/mol. The first-order valence-corrected chi connectivity index (χ1v) is 11.7. The van der Waals surface area contributed by atoms with Crippen molar-refractivity contribution in [3.05, 3.63) is 47.9 Å². The summed E-state index contributed by atoms with van der Waals surface area (Å²) in [6, 6.07) is 2.76. The van der Waals surface area contributed by atoms with Crippen molar-refractivity contribution in [3.8, 4) is 0 Å². The number of anilines is 1. The van der Waals surface area contributed by atoms with Crippen LogP contribution in [0.5, 0.6) is 0 Å². The van der Waals surface area contributed by atoms with Gasteiger partial charge in [-0.3, -0.25) is 28.8 Å². The highest BCUT2D eigenvalue weighted by Gasteiger charge is 2.34. The van der Waals surface area contributed by atoms with E-state index >= 15 is 0 Å². The summed E-state index contributed by atoms with van der Waals surface area (Å²) in [5.41, 5.74) is -0.970. The minimum Gasteiger partial charge on any atom is -0.345 e. The van der Waals surface area contributed by atoms with E-state index in [1.165, 1.54) is 24.5 Å². The van der Waals surface area contributed by atoms with Crippen molar-refractivity contribution < 1.29 is 18.4 Å². The molecule has 12 nitrogen and oxygen atoms in total. The fourth-order valence-electron chi connectivity index (χ4n) is 3.86. The predicted molar refractivity (Wildman–Crippen MR) is 124 cm³/mol. The number of carbonyl (C=O) groups is 2. The van der Waals surface area contributed by atoms with Gasteiger partial charge in [-0.25, -0.2) is 8.78 Å². The molecular weight excluding hydrogens is 474 g/mol. The first-order valence-electron chi connectivity index (χ1n) is 11.7. The summed E-state index contributed by atoms with van der Waals surface area (Å²) < 4.78 is 30.7. The largest absolute Gasteiger partial charge is 0.345 e. The number of halogens is 2. The van der Waals surface area contributed by atoms with Crippen molar-refractivity contribution in [2.45, 2.75) is 51.5 Å². The number of hydrogen-bond acceptors (Lipinski definition) is 8. The van der Waals surface area contributed by atoms with Gasteiger partial charge in [0.1, 0.15) is 11.5 Å². The first kappa shape index (κ1) is 25.3. The number of rotatable bonds is 11. The van der Waals surface area contributed by atoms with Gasteiger partial charge in [0.05, 0.1) is 31.2 Å². The molecule has 0 saturated carbocycles. The number of pyridine rings is 1. The SMILES string of the molecule is CC1(F)CCN(CC(=O)Nc2cn(CCCCn3cc(C(=O)NCc4ncccc4F)nn3)nn2)C1. The van der Waals surface area contributed by atoms with Gasteiger partial charge in [0.2, 0.25) is 5.91 Å². The van der Waals surface area contributed by atoms with Gasteiger partial charge in [0.15, 0.2) is 11.5 Å². The first-order chi connectivity index (χ1) is 17.3. The zero-order valence-corrected chi connectivity index (χ0v) is 19.9. The summed E-state index contributed by atoms with van der Waals surface area (Å²) >= 11 is 0. The Morgan fingerprint density at radius 3 is 2.61 bits per heavy atom. The van der Waals surface area contributed by atoms with Crippen LogP contribution in [0.4, 0.5) is 14.6 Å². The number of carbonyl (C=O) groups excluding carboxylic acids is 2. The van der Waals surface area contributed by atoms with Gasteiger partial charge >= 0.3 is 0 Å². The lowest BCUT2D eigenvalue weighted by atomic mass is 10.1. The molecular formula is C22H28F2N10O2. The van der Waals surface area contributed by atoms with Crippen LogP contribution in [0.3, 0.4) is 0 Å². The maximum Gasteiger partial charge on any atom is 0.273 e. The van der Waals surface area contributed by atoms with Crippen molar-refractivity contribution in [1.29, 1.82) is 0 Å². The Hall–Kier alpha value is -3.81. The van der Waals surface area contributed by atoms with Crippen LogP contribution in [0, 0.1) is 5.82 Å². The molecule has 4 heterocycles. The Labute approximate surface area is 206 Å². The quantitative estimate of drug-likeness (QED) is 0.373. The number of alkyl halides is 1. The number of hydrogen-bond donors (Lipinski definition) is 2. The Morgan fingerprint density at radius 2 is 1.89 bits per heavy atom. The Bertz CT molecular complexity index is 1190. The molecule has 0 aromatic carbocycles. The van der Waals surface area contributed by atoms with Crippen LogP contribution < -0.4 is 10.6 Å². The van der Waals surface area contributed by atoms with Crippen LogP contribution in [0.25, 0.3) is 0 Å². The average Bonchev–Trinajstić information content (AvgIpc) is 3.56. The van der Waals surface area contributed by atoms with E-state index in [-0.39, 0.29) is 36.9 Å². The maximum atomic E-state index is 13.9. The van der Waals surface area contributed by atoms with Crippen molar-refractivity contribution in [3.63, 3.8) is 0 Å².